The number of hydrogen-bond acceptors (Lipinski definition) is 5. The van der Waals surface area contributed by atoms with Crippen LogP contribution in [-0.2, 0) is 9.59 Å². The van der Waals surface area contributed by atoms with Crippen LogP contribution in [0, 0.1) is 5.92 Å². The Hall–Kier alpha value is -2.93. The van der Waals surface area contributed by atoms with Gasteiger partial charge in [0, 0.05) is 37.8 Å². The van der Waals surface area contributed by atoms with Gasteiger partial charge >= 0.3 is 0 Å². The van der Waals surface area contributed by atoms with Gasteiger partial charge in [0.2, 0.25) is 5.91 Å². The molecule has 0 atom stereocenters. The molecule has 31 heavy (non-hydrogen) atoms. The molecule has 0 aromatic heterocycles. The van der Waals surface area contributed by atoms with Gasteiger partial charge in [-0.3, -0.25) is 9.59 Å². The Balaban J connectivity index is 1.52. The topological polar surface area (TPSA) is 71.1 Å². The monoisotopic (exact) mass is 445 g/mol. The summed E-state index contributed by atoms with van der Waals surface area (Å²) in [6.07, 6.45) is 0. The molecule has 1 fully saturated rings. The minimum atomic E-state index is -0.277. The Bertz CT molecular complexity index is 910. The molecule has 1 aliphatic rings. The number of ether oxygens (including phenoxy) is 2. The van der Waals surface area contributed by atoms with Crippen LogP contribution in [0.5, 0.6) is 11.5 Å². The molecular formula is C23H28ClN3O4. The summed E-state index contributed by atoms with van der Waals surface area (Å²) in [6.45, 7) is 6.51. The highest BCUT2D eigenvalue weighted by Gasteiger charge is 2.24. The SMILES string of the molecule is COc1ccc(OCC(=O)Nc2ccc(N3CCN(C(=O)C(C)C)CC3)c(Cl)c2)cc1. The number of carbonyl (C=O) groups excluding carboxylic acids is 2. The predicted octanol–water partition coefficient (Wildman–Crippen LogP) is 3.67. The van der Waals surface area contributed by atoms with Gasteiger partial charge in [-0.05, 0) is 42.5 Å². The molecule has 7 nitrogen and oxygen atoms in total. The normalized spacial score (nSPS) is 13.8. The van der Waals surface area contributed by atoms with Crippen molar-refractivity contribution in [2.45, 2.75) is 13.8 Å². The van der Waals surface area contributed by atoms with Gasteiger partial charge in [-0.1, -0.05) is 25.4 Å². The highest BCUT2D eigenvalue weighted by atomic mass is 35.5. The first-order chi connectivity index (χ1) is 14.9. The van der Waals surface area contributed by atoms with Gasteiger partial charge in [-0.15, -0.1) is 0 Å². The van der Waals surface area contributed by atoms with Crippen molar-refractivity contribution < 1.29 is 19.1 Å². The summed E-state index contributed by atoms with van der Waals surface area (Å²) in [7, 11) is 1.59. The van der Waals surface area contributed by atoms with Crippen molar-refractivity contribution in [2.75, 3.05) is 50.1 Å². The van der Waals surface area contributed by atoms with E-state index < -0.39 is 0 Å². The molecular weight excluding hydrogens is 418 g/mol. The second-order valence-corrected chi connectivity index (χ2v) is 8.05. The lowest BCUT2D eigenvalue weighted by molar-refractivity contribution is -0.134. The van der Waals surface area contributed by atoms with Crippen molar-refractivity contribution in [3.8, 4) is 11.5 Å². The molecule has 0 saturated carbocycles. The van der Waals surface area contributed by atoms with Crippen LogP contribution < -0.4 is 19.7 Å². The number of anilines is 2. The molecule has 0 radical (unpaired) electrons. The first-order valence-electron chi connectivity index (χ1n) is 10.3. The first kappa shape index (κ1) is 22.7. The third-order valence-corrected chi connectivity index (χ3v) is 5.39. The summed E-state index contributed by atoms with van der Waals surface area (Å²) in [5.74, 6) is 1.21. The number of carbonyl (C=O) groups is 2. The van der Waals surface area contributed by atoms with Crippen LogP contribution >= 0.6 is 11.6 Å². The number of benzene rings is 2. The van der Waals surface area contributed by atoms with E-state index in [0.29, 0.717) is 29.5 Å². The van der Waals surface area contributed by atoms with Crippen molar-refractivity contribution in [1.82, 2.24) is 4.90 Å². The number of methoxy groups -OCH3 is 1. The van der Waals surface area contributed by atoms with Crippen LogP contribution in [0.25, 0.3) is 0 Å². The smallest absolute Gasteiger partial charge is 0.262 e. The Morgan fingerprint density at radius 2 is 1.68 bits per heavy atom. The Kier molecular flexibility index (Phi) is 7.63. The van der Waals surface area contributed by atoms with Crippen molar-refractivity contribution in [1.29, 1.82) is 0 Å². The second-order valence-electron chi connectivity index (χ2n) is 7.65. The molecule has 1 heterocycles. The summed E-state index contributed by atoms with van der Waals surface area (Å²) in [5, 5.41) is 3.35. The zero-order valence-corrected chi connectivity index (χ0v) is 18.8. The highest BCUT2D eigenvalue weighted by molar-refractivity contribution is 6.33. The minimum absolute atomic E-state index is 0.00623. The van der Waals surface area contributed by atoms with Gasteiger partial charge in [0.15, 0.2) is 6.61 Å². The van der Waals surface area contributed by atoms with E-state index in [1.165, 1.54) is 0 Å². The molecule has 3 rings (SSSR count). The Labute approximate surface area is 187 Å². The van der Waals surface area contributed by atoms with Crippen LogP contribution in [0.4, 0.5) is 11.4 Å². The molecule has 0 bridgehead atoms. The summed E-state index contributed by atoms with van der Waals surface area (Å²) in [5.41, 5.74) is 1.50. The Morgan fingerprint density at radius 1 is 1.03 bits per heavy atom. The number of rotatable bonds is 7. The Morgan fingerprint density at radius 3 is 2.26 bits per heavy atom. The maximum Gasteiger partial charge on any atom is 0.262 e. The lowest BCUT2D eigenvalue weighted by Crippen LogP contribution is -2.50. The van der Waals surface area contributed by atoms with Gasteiger partial charge in [0.1, 0.15) is 11.5 Å². The third kappa shape index (κ3) is 6.04. The predicted molar refractivity (Wildman–Crippen MR) is 122 cm³/mol. The zero-order valence-electron chi connectivity index (χ0n) is 18.1. The van der Waals surface area contributed by atoms with Gasteiger partial charge < -0.3 is 24.6 Å². The average Bonchev–Trinajstić information content (AvgIpc) is 2.78. The third-order valence-electron chi connectivity index (χ3n) is 5.09. The van der Waals surface area contributed by atoms with E-state index in [4.69, 9.17) is 21.1 Å². The van der Waals surface area contributed by atoms with Crippen LogP contribution in [0.2, 0.25) is 5.02 Å². The average molecular weight is 446 g/mol. The number of nitrogens with one attached hydrogen (secondary N) is 1. The summed E-state index contributed by atoms with van der Waals surface area (Å²) in [6, 6.07) is 12.5. The molecule has 2 aromatic rings. The molecule has 2 amide bonds. The molecule has 166 valence electrons. The number of amides is 2. The van der Waals surface area contributed by atoms with Gasteiger partial charge in [0.25, 0.3) is 5.91 Å². The van der Waals surface area contributed by atoms with Gasteiger partial charge in [0.05, 0.1) is 17.8 Å². The van der Waals surface area contributed by atoms with E-state index in [2.05, 4.69) is 10.2 Å². The van der Waals surface area contributed by atoms with Crippen LogP contribution in [-0.4, -0.2) is 56.6 Å². The van der Waals surface area contributed by atoms with E-state index in [9.17, 15) is 9.59 Å². The van der Waals surface area contributed by atoms with E-state index in [0.717, 1.165) is 24.5 Å². The maximum absolute atomic E-state index is 12.2. The molecule has 0 spiro atoms. The summed E-state index contributed by atoms with van der Waals surface area (Å²) in [4.78, 5) is 28.4. The van der Waals surface area contributed by atoms with E-state index in [1.807, 2.05) is 30.9 Å². The van der Waals surface area contributed by atoms with Crippen molar-refractivity contribution in [3.05, 3.63) is 47.5 Å². The van der Waals surface area contributed by atoms with Crippen LogP contribution in [0.15, 0.2) is 42.5 Å². The molecule has 1 N–H and O–H groups in total. The number of piperazine rings is 1. The fraction of sp³-hybridized carbons (Fsp3) is 0.391. The maximum atomic E-state index is 12.2. The van der Waals surface area contributed by atoms with Crippen molar-refractivity contribution in [2.24, 2.45) is 5.92 Å². The van der Waals surface area contributed by atoms with E-state index in [-0.39, 0.29) is 24.3 Å². The van der Waals surface area contributed by atoms with Crippen LogP contribution in [0.3, 0.4) is 0 Å². The molecule has 1 aliphatic heterocycles. The number of halogens is 1. The summed E-state index contributed by atoms with van der Waals surface area (Å²) < 4.78 is 10.6. The van der Waals surface area contributed by atoms with E-state index in [1.54, 1.807) is 37.4 Å². The van der Waals surface area contributed by atoms with Crippen molar-refractivity contribution >= 4 is 34.8 Å². The van der Waals surface area contributed by atoms with Gasteiger partial charge in [-0.2, -0.15) is 0 Å². The molecule has 0 unspecified atom stereocenters. The quantitative estimate of drug-likeness (QED) is 0.704. The number of hydrogen-bond donors (Lipinski definition) is 1. The van der Waals surface area contributed by atoms with Crippen molar-refractivity contribution in [3.63, 3.8) is 0 Å². The van der Waals surface area contributed by atoms with E-state index >= 15 is 0 Å². The fourth-order valence-corrected chi connectivity index (χ4v) is 3.69. The number of nitrogens with zero attached hydrogens (tertiary/aromatic N) is 2. The van der Waals surface area contributed by atoms with Crippen LogP contribution in [0.1, 0.15) is 13.8 Å². The fourth-order valence-electron chi connectivity index (χ4n) is 3.39. The lowest BCUT2D eigenvalue weighted by Gasteiger charge is -2.37. The molecule has 2 aromatic carbocycles. The standard InChI is InChI=1S/C23H28ClN3O4/c1-16(2)23(29)27-12-10-26(11-13-27)21-9-4-17(14-20(21)24)25-22(28)15-31-19-7-5-18(30-3)6-8-19/h4-9,14,16H,10-13,15H2,1-3H3,(H,25,28). The second kappa shape index (κ2) is 10.4. The lowest BCUT2D eigenvalue weighted by atomic mass is 10.1. The minimum Gasteiger partial charge on any atom is -0.497 e. The zero-order chi connectivity index (χ0) is 22.4. The largest absolute Gasteiger partial charge is 0.497 e. The highest BCUT2D eigenvalue weighted by Crippen LogP contribution is 2.30. The van der Waals surface area contributed by atoms with Gasteiger partial charge in [-0.25, -0.2) is 0 Å². The molecule has 8 heteroatoms. The molecule has 1 saturated heterocycles. The summed E-state index contributed by atoms with van der Waals surface area (Å²) >= 11 is 6.48. The first-order valence-corrected chi connectivity index (χ1v) is 10.6. The molecule has 0 aliphatic carbocycles.